The van der Waals surface area contributed by atoms with E-state index in [9.17, 15) is 0 Å². The van der Waals surface area contributed by atoms with Gasteiger partial charge in [0.2, 0.25) is 5.95 Å². The molecule has 3 aromatic rings. The van der Waals surface area contributed by atoms with Crippen molar-refractivity contribution >= 4 is 23.1 Å². The predicted octanol–water partition coefficient (Wildman–Crippen LogP) is 4.76. The van der Waals surface area contributed by atoms with Gasteiger partial charge in [0.1, 0.15) is 17.3 Å². The SMILES string of the molecule is CCCOc1ccc(Nc2nccc(Nc3ccc(OC)cc3)n2)cc1. The highest BCUT2D eigenvalue weighted by Gasteiger charge is 2.02. The molecule has 0 fully saturated rings. The first-order valence-electron chi connectivity index (χ1n) is 8.51. The fraction of sp³-hybridized carbons (Fsp3) is 0.200. The molecule has 2 N–H and O–H groups in total. The molecule has 26 heavy (non-hydrogen) atoms. The largest absolute Gasteiger partial charge is 0.497 e. The average Bonchev–Trinajstić information content (AvgIpc) is 2.68. The fourth-order valence-corrected chi connectivity index (χ4v) is 2.29. The van der Waals surface area contributed by atoms with Crippen molar-refractivity contribution in [2.24, 2.45) is 0 Å². The molecule has 0 aliphatic rings. The highest BCUT2D eigenvalue weighted by atomic mass is 16.5. The molecule has 0 saturated heterocycles. The third kappa shape index (κ3) is 4.86. The molecule has 6 nitrogen and oxygen atoms in total. The molecule has 0 bridgehead atoms. The number of ether oxygens (including phenoxy) is 2. The molecule has 134 valence electrons. The van der Waals surface area contributed by atoms with Crippen molar-refractivity contribution in [2.45, 2.75) is 13.3 Å². The number of benzene rings is 2. The minimum atomic E-state index is 0.519. The lowest BCUT2D eigenvalue weighted by atomic mass is 10.3. The molecule has 1 aromatic heterocycles. The summed E-state index contributed by atoms with van der Waals surface area (Å²) in [5.74, 6) is 2.89. The maximum Gasteiger partial charge on any atom is 0.229 e. The smallest absolute Gasteiger partial charge is 0.229 e. The van der Waals surface area contributed by atoms with Crippen LogP contribution < -0.4 is 20.1 Å². The second-order valence-corrected chi connectivity index (χ2v) is 5.62. The molecule has 0 unspecified atom stereocenters. The molecule has 0 saturated carbocycles. The minimum Gasteiger partial charge on any atom is -0.497 e. The van der Waals surface area contributed by atoms with Gasteiger partial charge in [0, 0.05) is 17.6 Å². The van der Waals surface area contributed by atoms with Crippen LogP contribution in [0.2, 0.25) is 0 Å². The fourth-order valence-electron chi connectivity index (χ4n) is 2.29. The lowest BCUT2D eigenvalue weighted by molar-refractivity contribution is 0.317. The van der Waals surface area contributed by atoms with Crippen LogP contribution in [-0.2, 0) is 0 Å². The number of rotatable bonds is 8. The van der Waals surface area contributed by atoms with Crippen molar-refractivity contribution in [1.29, 1.82) is 0 Å². The van der Waals surface area contributed by atoms with E-state index in [-0.39, 0.29) is 0 Å². The van der Waals surface area contributed by atoms with Crippen LogP contribution in [0.25, 0.3) is 0 Å². The van der Waals surface area contributed by atoms with E-state index < -0.39 is 0 Å². The number of methoxy groups -OCH3 is 1. The standard InChI is InChI=1S/C20H22N4O2/c1-3-14-26-18-10-6-16(7-11-18)23-20-21-13-12-19(24-20)22-15-4-8-17(25-2)9-5-15/h4-13H,3,14H2,1-2H3,(H2,21,22,23,24). The van der Waals surface area contributed by atoms with E-state index in [0.717, 1.165) is 35.9 Å². The second-order valence-electron chi connectivity index (χ2n) is 5.62. The lowest BCUT2D eigenvalue weighted by Gasteiger charge is -2.10. The van der Waals surface area contributed by atoms with E-state index in [4.69, 9.17) is 9.47 Å². The van der Waals surface area contributed by atoms with Gasteiger partial charge in [-0.25, -0.2) is 4.98 Å². The Morgan fingerprint density at radius 1 is 0.846 bits per heavy atom. The van der Waals surface area contributed by atoms with Crippen molar-refractivity contribution < 1.29 is 9.47 Å². The maximum absolute atomic E-state index is 5.58. The van der Waals surface area contributed by atoms with Crippen LogP contribution in [-0.4, -0.2) is 23.7 Å². The lowest BCUT2D eigenvalue weighted by Crippen LogP contribution is -2.00. The Morgan fingerprint density at radius 3 is 2.15 bits per heavy atom. The van der Waals surface area contributed by atoms with Crippen molar-refractivity contribution in [3.8, 4) is 11.5 Å². The molecule has 2 aromatic carbocycles. The first-order chi connectivity index (χ1) is 12.8. The van der Waals surface area contributed by atoms with Crippen LogP contribution in [0.3, 0.4) is 0 Å². The first-order valence-corrected chi connectivity index (χ1v) is 8.51. The molecule has 0 aliphatic carbocycles. The number of anilines is 4. The third-order valence-electron chi connectivity index (χ3n) is 3.60. The van der Waals surface area contributed by atoms with Gasteiger partial charge in [-0.2, -0.15) is 4.98 Å². The summed E-state index contributed by atoms with van der Waals surface area (Å²) in [4.78, 5) is 8.74. The summed E-state index contributed by atoms with van der Waals surface area (Å²) in [6.45, 7) is 2.80. The van der Waals surface area contributed by atoms with Gasteiger partial charge in [0.15, 0.2) is 0 Å². The quantitative estimate of drug-likeness (QED) is 0.610. The van der Waals surface area contributed by atoms with Gasteiger partial charge in [0.25, 0.3) is 0 Å². The Kier molecular flexibility index (Phi) is 5.88. The van der Waals surface area contributed by atoms with Gasteiger partial charge in [-0.15, -0.1) is 0 Å². The molecule has 0 aliphatic heterocycles. The number of nitrogens with zero attached hydrogens (tertiary/aromatic N) is 2. The van der Waals surface area contributed by atoms with Crippen LogP contribution in [0.1, 0.15) is 13.3 Å². The monoisotopic (exact) mass is 350 g/mol. The summed E-state index contributed by atoms with van der Waals surface area (Å²) in [6, 6.07) is 17.2. The molecular formula is C20H22N4O2. The second kappa shape index (κ2) is 8.71. The zero-order valence-corrected chi connectivity index (χ0v) is 14.9. The van der Waals surface area contributed by atoms with Crippen molar-refractivity contribution in [1.82, 2.24) is 9.97 Å². The zero-order chi connectivity index (χ0) is 18.2. The summed E-state index contributed by atoms with van der Waals surface area (Å²) >= 11 is 0. The van der Waals surface area contributed by atoms with Gasteiger partial charge in [-0.3, -0.25) is 0 Å². The molecular weight excluding hydrogens is 328 g/mol. The van der Waals surface area contributed by atoms with E-state index in [0.29, 0.717) is 11.8 Å². The first kappa shape index (κ1) is 17.5. The molecule has 0 amide bonds. The van der Waals surface area contributed by atoms with Gasteiger partial charge >= 0.3 is 0 Å². The van der Waals surface area contributed by atoms with Crippen molar-refractivity contribution in [3.63, 3.8) is 0 Å². The normalized spacial score (nSPS) is 10.2. The van der Waals surface area contributed by atoms with Crippen molar-refractivity contribution in [2.75, 3.05) is 24.4 Å². The van der Waals surface area contributed by atoms with Crippen LogP contribution in [0, 0.1) is 0 Å². The van der Waals surface area contributed by atoms with Crippen LogP contribution in [0.5, 0.6) is 11.5 Å². The van der Waals surface area contributed by atoms with Crippen molar-refractivity contribution in [3.05, 3.63) is 60.8 Å². The summed E-state index contributed by atoms with van der Waals surface area (Å²) in [7, 11) is 1.65. The average molecular weight is 350 g/mol. The third-order valence-corrected chi connectivity index (χ3v) is 3.60. The van der Waals surface area contributed by atoms with Crippen LogP contribution in [0.15, 0.2) is 60.8 Å². The Morgan fingerprint density at radius 2 is 1.50 bits per heavy atom. The van der Waals surface area contributed by atoms with Gasteiger partial charge in [0.05, 0.1) is 13.7 Å². The minimum absolute atomic E-state index is 0.519. The molecule has 0 spiro atoms. The van der Waals surface area contributed by atoms with Crippen LogP contribution >= 0.6 is 0 Å². The number of nitrogens with one attached hydrogen (secondary N) is 2. The Balaban J connectivity index is 1.64. The number of hydrogen-bond acceptors (Lipinski definition) is 6. The Labute approximate surface area is 153 Å². The predicted molar refractivity (Wildman–Crippen MR) is 104 cm³/mol. The number of hydrogen-bond donors (Lipinski definition) is 2. The molecule has 3 rings (SSSR count). The maximum atomic E-state index is 5.58. The molecule has 0 radical (unpaired) electrons. The summed E-state index contributed by atoms with van der Waals surface area (Å²) < 4.78 is 10.7. The topological polar surface area (TPSA) is 68.3 Å². The number of aromatic nitrogens is 2. The summed E-state index contributed by atoms with van der Waals surface area (Å²) in [6.07, 6.45) is 2.70. The Hall–Kier alpha value is -3.28. The van der Waals surface area contributed by atoms with E-state index in [2.05, 4.69) is 27.5 Å². The summed E-state index contributed by atoms with van der Waals surface area (Å²) in [5, 5.41) is 6.44. The van der Waals surface area contributed by atoms with E-state index in [1.807, 2.05) is 54.6 Å². The Bertz CT molecular complexity index is 820. The molecule has 6 heteroatoms. The van der Waals surface area contributed by atoms with Gasteiger partial charge in [-0.1, -0.05) is 6.92 Å². The van der Waals surface area contributed by atoms with Gasteiger partial charge in [-0.05, 0) is 61.0 Å². The highest BCUT2D eigenvalue weighted by molar-refractivity contribution is 5.60. The van der Waals surface area contributed by atoms with Gasteiger partial charge < -0.3 is 20.1 Å². The summed E-state index contributed by atoms with van der Waals surface area (Å²) in [5.41, 5.74) is 1.82. The molecule has 1 heterocycles. The molecule has 0 atom stereocenters. The highest BCUT2D eigenvalue weighted by Crippen LogP contribution is 2.21. The van der Waals surface area contributed by atoms with E-state index >= 15 is 0 Å². The zero-order valence-electron chi connectivity index (χ0n) is 14.9. The van der Waals surface area contributed by atoms with Crippen LogP contribution in [0.4, 0.5) is 23.1 Å². The van der Waals surface area contributed by atoms with E-state index in [1.165, 1.54) is 0 Å². The van der Waals surface area contributed by atoms with E-state index in [1.54, 1.807) is 13.3 Å².